The van der Waals surface area contributed by atoms with Gasteiger partial charge in [0.25, 0.3) is 0 Å². The summed E-state index contributed by atoms with van der Waals surface area (Å²) in [5, 5.41) is -0.136. The van der Waals surface area contributed by atoms with Gasteiger partial charge >= 0.3 is 6.18 Å². The van der Waals surface area contributed by atoms with Gasteiger partial charge in [0, 0.05) is 11.1 Å². The third kappa shape index (κ3) is 3.46. The van der Waals surface area contributed by atoms with Crippen LogP contribution in [0.3, 0.4) is 0 Å². The van der Waals surface area contributed by atoms with Gasteiger partial charge in [0.1, 0.15) is 19.1 Å². The molecule has 0 fully saturated rings. The lowest BCUT2D eigenvalue weighted by atomic mass is 9.93. The predicted octanol–water partition coefficient (Wildman–Crippen LogP) is 4.52. The van der Waals surface area contributed by atoms with E-state index in [-0.39, 0.29) is 28.5 Å². The van der Waals surface area contributed by atoms with Crippen molar-refractivity contribution in [2.45, 2.75) is 18.7 Å². The molecule has 0 saturated heterocycles. The number of rotatable bonds is 4. The Labute approximate surface area is 134 Å². The van der Waals surface area contributed by atoms with Crippen molar-refractivity contribution in [3.05, 3.63) is 35.4 Å². The van der Waals surface area contributed by atoms with Gasteiger partial charge in [-0.05, 0) is 43.4 Å². The second-order valence-corrected chi connectivity index (χ2v) is 5.29. The maximum absolute atomic E-state index is 13.2. The molecule has 126 valence electrons. The molecular formula is C15H13F5O2S. The molecule has 0 amide bonds. The van der Waals surface area contributed by atoms with E-state index in [2.05, 4.69) is 0 Å². The largest absolute Gasteiger partial charge is 0.483 e. The van der Waals surface area contributed by atoms with Crippen molar-refractivity contribution in [2.24, 2.45) is 0 Å². The molecule has 0 atom stereocenters. The van der Waals surface area contributed by atoms with E-state index in [1.165, 1.54) is 0 Å². The molecule has 1 aromatic rings. The average Bonchev–Trinajstić information content (AvgIpc) is 2.52. The molecule has 0 unspecified atom stereocenters. The van der Waals surface area contributed by atoms with Crippen LogP contribution < -0.4 is 4.74 Å². The van der Waals surface area contributed by atoms with Crippen LogP contribution in [-0.4, -0.2) is 30.6 Å². The number of hydrogen-bond donors (Lipinski definition) is 0. The summed E-state index contributed by atoms with van der Waals surface area (Å²) in [6.45, 7) is -0.579. The Bertz CT molecular complexity index is 635. The third-order valence-corrected chi connectivity index (χ3v) is 3.60. The number of thiocarbonyl (C=S) groups is 1. The number of alkyl halides is 5. The van der Waals surface area contributed by atoms with Gasteiger partial charge in [-0.15, -0.1) is 0 Å². The summed E-state index contributed by atoms with van der Waals surface area (Å²) < 4.78 is 75.5. The van der Waals surface area contributed by atoms with Gasteiger partial charge < -0.3 is 9.47 Å². The molecular weight excluding hydrogens is 339 g/mol. The smallest absolute Gasteiger partial charge is 0.416 e. The first kappa shape index (κ1) is 17.7. The Morgan fingerprint density at radius 2 is 1.91 bits per heavy atom. The Morgan fingerprint density at radius 3 is 2.43 bits per heavy atom. The van der Waals surface area contributed by atoms with E-state index in [0.717, 1.165) is 24.3 Å². The van der Waals surface area contributed by atoms with Crippen molar-refractivity contribution in [1.82, 2.24) is 0 Å². The first-order valence-electron chi connectivity index (χ1n) is 6.69. The van der Waals surface area contributed by atoms with Crippen LogP contribution >= 0.6 is 12.2 Å². The molecule has 0 saturated carbocycles. The van der Waals surface area contributed by atoms with E-state index >= 15 is 0 Å². The summed E-state index contributed by atoms with van der Waals surface area (Å²) in [4.78, 5) is 0. The Kier molecular flexibility index (Phi) is 4.93. The normalized spacial score (nSPS) is 16.2. The number of fused-ring (bicyclic) bond motifs is 1. The van der Waals surface area contributed by atoms with E-state index in [1.807, 2.05) is 0 Å². The van der Waals surface area contributed by atoms with Gasteiger partial charge in [-0.3, -0.25) is 0 Å². The average molecular weight is 352 g/mol. The lowest BCUT2D eigenvalue weighted by molar-refractivity contribution is -0.137. The highest BCUT2D eigenvalue weighted by molar-refractivity contribution is 7.81. The third-order valence-electron chi connectivity index (χ3n) is 3.27. The van der Waals surface area contributed by atoms with Gasteiger partial charge in [0.05, 0.1) is 12.2 Å². The van der Waals surface area contributed by atoms with Crippen LogP contribution in [0.5, 0.6) is 5.75 Å². The highest BCUT2D eigenvalue weighted by Gasteiger charge is 2.39. The second kappa shape index (κ2) is 6.43. The molecule has 2 nitrogen and oxygen atoms in total. The minimum atomic E-state index is -4.57. The quantitative estimate of drug-likeness (QED) is 0.586. The minimum absolute atomic E-state index is 0.00389. The summed E-state index contributed by atoms with van der Waals surface area (Å²) in [6.07, 6.45) is -3.52. The van der Waals surface area contributed by atoms with Crippen molar-refractivity contribution in [3.8, 4) is 5.75 Å². The zero-order chi connectivity index (χ0) is 17.3. The molecule has 0 N–H and O–H groups in total. The SMILES string of the molecule is CCOC(=S)C1=CC(CF)(CF)Oc2ccc(C(F)(F)F)cc21. The summed E-state index contributed by atoms with van der Waals surface area (Å²) in [5.74, 6) is -0.0761. The van der Waals surface area contributed by atoms with E-state index in [9.17, 15) is 22.0 Å². The van der Waals surface area contributed by atoms with Gasteiger partial charge in [-0.1, -0.05) is 0 Å². The van der Waals surface area contributed by atoms with E-state index < -0.39 is 30.7 Å². The van der Waals surface area contributed by atoms with Crippen LogP contribution in [0.2, 0.25) is 0 Å². The van der Waals surface area contributed by atoms with Crippen molar-refractivity contribution in [3.63, 3.8) is 0 Å². The fraction of sp³-hybridized carbons (Fsp3) is 0.400. The first-order chi connectivity index (χ1) is 10.8. The highest BCUT2D eigenvalue weighted by Crippen LogP contribution is 2.41. The van der Waals surface area contributed by atoms with Gasteiger partial charge in [-0.2, -0.15) is 13.2 Å². The van der Waals surface area contributed by atoms with Crippen molar-refractivity contribution in [2.75, 3.05) is 20.0 Å². The van der Waals surface area contributed by atoms with Gasteiger partial charge in [0.2, 0.25) is 0 Å². The molecule has 0 aliphatic carbocycles. The second-order valence-electron chi connectivity index (χ2n) is 4.92. The fourth-order valence-electron chi connectivity index (χ4n) is 2.14. The monoisotopic (exact) mass is 352 g/mol. The fourth-order valence-corrected chi connectivity index (χ4v) is 2.43. The van der Waals surface area contributed by atoms with Gasteiger partial charge in [-0.25, -0.2) is 8.78 Å². The zero-order valence-corrected chi connectivity index (χ0v) is 12.9. The number of benzene rings is 1. The molecule has 1 heterocycles. The summed E-state index contributed by atoms with van der Waals surface area (Å²) in [6, 6.07) is 2.64. The van der Waals surface area contributed by atoms with E-state index in [1.54, 1.807) is 6.92 Å². The van der Waals surface area contributed by atoms with Crippen LogP contribution in [0.1, 0.15) is 18.1 Å². The van der Waals surface area contributed by atoms with Crippen molar-refractivity contribution in [1.29, 1.82) is 0 Å². The molecule has 8 heteroatoms. The maximum atomic E-state index is 13.2. The molecule has 1 aliphatic rings. The molecule has 23 heavy (non-hydrogen) atoms. The first-order valence-corrected chi connectivity index (χ1v) is 7.09. The van der Waals surface area contributed by atoms with E-state index in [0.29, 0.717) is 0 Å². The van der Waals surface area contributed by atoms with Crippen LogP contribution in [0.15, 0.2) is 24.3 Å². The van der Waals surface area contributed by atoms with Crippen molar-refractivity contribution < 1.29 is 31.4 Å². The molecule has 0 bridgehead atoms. The predicted molar refractivity (Wildman–Crippen MR) is 79.0 cm³/mol. The summed E-state index contributed by atoms with van der Waals surface area (Å²) in [5.41, 5.74) is -2.82. The molecule has 0 radical (unpaired) electrons. The van der Waals surface area contributed by atoms with E-state index in [4.69, 9.17) is 21.7 Å². The molecule has 2 rings (SSSR count). The maximum Gasteiger partial charge on any atom is 0.416 e. The number of hydrogen-bond acceptors (Lipinski definition) is 3. The van der Waals surface area contributed by atoms with Crippen LogP contribution in [0, 0.1) is 0 Å². The molecule has 0 spiro atoms. The summed E-state index contributed by atoms with van der Waals surface area (Å²) in [7, 11) is 0. The topological polar surface area (TPSA) is 18.5 Å². The Balaban J connectivity index is 2.60. The zero-order valence-electron chi connectivity index (χ0n) is 12.0. The van der Waals surface area contributed by atoms with Gasteiger partial charge in [0.15, 0.2) is 10.7 Å². The molecule has 1 aliphatic heterocycles. The number of ether oxygens (including phenoxy) is 2. The standard InChI is InChI=1S/C15H13F5O2S/c1-2-21-13(23)11-6-14(7-16,8-17)22-12-4-3-9(5-10(11)12)15(18,19)20/h3-6H,2,7-8H2,1H3. The minimum Gasteiger partial charge on any atom is -0.483 e. The molecule has 1 aromatic carbocycles. The van der Waals surface area contributed by atoms with Crippen molar-refractivity contribution >= 4 is 22.8 Å². The van der Waals surface area contributed by atoms with Crippen LogP contribution in [-0.2, 0) is 10.9 Å². The Morgan fingerprint density at radius 1 is 1.26 bits per heavy atom. The highest BCUT2D eigenvalue weighted by atomic mass is 32.1. The van der Waals surface area contributed by atoms with Crippen LogP contribution in [0.25, 0.3) is 5.57 Å². The lowest BCUT2D eigenvalue weighted by Crippen LogP contribution is -2.42. The van der Waals surface area contributed by atoms with Crippen LogP contribution in [0.4, 0.5) is 22.0 Å². The molecule has 0 aromatic heterocycles. The lowest BCUT2D eigenvalue weighted by Gasteiger charge is -2.33. The Hall–Kier alpha value is -1.70. The number of halogens is 5. The summed E-state index contributed by atoms with van der Waals surface area (Å²) >= 11 is 5.01.